The molecule has 0 saturated carbocycles. The average Bonchev–Trinajstić information content (AvgIpc) is 3.03. The van der Waals surface area contributed by atoms with E-state index in [1.165, 1.54) is 31.2 Å². The van der Waals surface area contributed by atoms with Gasteiger partial charge in [0, 0.05) is 13.0 Å². The smallest absolute Gasteiger partial charge is 0.328 e. The average molecular weight is 377 g/mol. The summed E-state index contributed by atoms with van der Waals surface area (Å²) in [4.78, 5) is 9.59. The Balaban J connectivity index is 2.45. The second-order valence-electron chi connectivity index (χ2n) is 5.17. The lowest BCUT2D eigenvalue weighted by Gasteiger charge is -2.11. The van der Waals surface area contributed by atoms with Crippen molar-refractivity contribution in [3.05, 3.63) is 52.4 Å². The van der Waals surface area contributed by atoms with Gasteiger partial charge in [-0.2, -0.15) is 0 Å². The molecule has 0 aliphatic rings. The predicted molar refractivity (Wildman–Crippen MR) is 86.3 cm³/mol. The van der Waals surface area contributed by atoms with E-state index in [4.69, 9.17) is 4.42 Å². The van der Waals surface area contributed by atoms with Gasteiger partial charge in [-0.15, -0.1) is 10.2 Å². The number of phenolic OH excluding ortho intramolecular Hbond substituents is 2. The van der Waals surface area contributed by atoms with Crippen LogP contribution in [0.25, 0.3) is 11.5 Å². The topological polar surface area (TPSA) is 157 Å². The molecule has 2 N–H and O–H groups in total. The van der Waals surface area contributed by atoms with Gasteiger partial charge in [0.2, 0.25) is 21.5 Å². The van der Waals surface area contributed by atoms with Gasteiger partial charge in [0.15, 0.2) is 5.75 Å². The Morgan fingerprint density at radius 1 is 1.15 bits per heavy atom. The van der Waals surface area contributed by atoms with Crippen LogP contribution >= 0.6 is 0 Å². The molecule has 3 rings (SSSR count). The summed E-state index contributed by atoms with van der Waals surface area (Å²) in [5.41, 5.74) is -1.65. The molecular weight excluding hydrogens is 366 g/mol. The number of phenols is 2. The summed E-state index contributed by atoms with van der Waals surface area (Å²) >= 11 is 0. The molecule has 1 aromatic heterocycles. The van der Waals surface area contributed by atoms with E-state index in [-0.39, 0.29) is 10.8 Å². The van der Waals surface area contributed by atoms with Crippen LogP contribution < -0.4 is 0 Å². The van der Waals surface area contributed by atoms with E-state index in [1.807, 2.05) is 0 Å². The molecule has 0 spiro atoms. The molecule has 0 atom stereocenters. The highest BCUT2D eigenvalue weighted by Gasteiger charge is 2.36. The van der Waals surface area contributed by atoms with E-state index >= 15 is 0 Å². The van der Waals surface area contributed by atoms with Crippen molar-refractivity contribution in [1.82, 2.24) is 10.2 Å². The van der Waals surface area contributed by atoms with Crippen LogP contribution in [0.1, 0.15) is 5.89 Å². The van der Waals surface area contributed by atoms with Crippen LogP contribution in [0.3, 0.4) is 0 Å². The van der Waals surface area contributed by atoms with Crippen molar-refractivity contribution in [2.75, 3.05) is 0 Å². The number of nitrogens with zero attached hydrogens (tertiary/aromatic N) is 3. The Morgan fingerprint density at radius 2 is 1.81 bits per heavy atom. The molecule has 2 aromatic carbocycles. The van der Waals surface area contributed by atoms with E-state index < -0.39 is 48.3 Å². The first-order valence-corrected chi connectivity index (χ1v) is 8.55. The summed E-state index contributed by atoms with van der Waals surface area (Å²) in [5, 5.41) is 38.3. The molecule has 0 radical (unpaired) electrons. The number of aromatic nitrogens is 2. The highest BCUT2D eigenvalue weighted by Crippen LogP contribution is 2.47. The fraction of sp³-hybridized carbons (Fsp3) is 0.0667. The molecule has 0 saturated heterocycles. The quantitative estimate of drug-likeness (QED) is 0.395. The van der Waals surface area contributed by atoms with Crippen LogP contribution in [0, 0.1) is 17.0 Å². The van der Waals surface area contributed by atoms with Crippen LogP contribution in [0.4, 0.5) is 5.69 Å². The summed E-state index contributed by atoms with van der Waals surface area (Å²) in [7, 11) is -4.31. The third-order valence-corrected chi connectivity index (χ3v) is 5.28. The number of rotatable bonds is 4. The number of nitro benzene ring substituents is 1. The molecule has 0 aliphatic heterocycles. The standard InChI is InChI=1S/C15H11N3O7S/c1-8-16-17-15(25-8)12-11(7-10(19)14(20)13(12)18(21)22)26(23,24)9-5-3-2-4-6-9/h2-7,19-20H,1H3. The molecule has 0 unspecified atom stereocenters. The Kier molecular flexibility index (Phi) is 4.08. The van der Waals surface area contributed by atoms with Gasteiger partial charge < -0.3 is 14.6 Å². The molecule has 11 heteroatoms. The SMILES string of the molecule is Cc1nnc(-c2c(S(=O)(=O)c3ccccc3)cc(O)c(O)c2[N+](=O)[O-])o1. The maximum Gasteiger partial charge on any atom is 0.328 e. The zero-order chi connectivity index (χ0) is 19.1. The van der Waals surface area contributed by atoms with Crippen LogP contribution in [-0.2, 0) is 9.84 Å². The van der Waals surface area contributed by atoms with E-state index in [1.54, 1.807) is 6.07 Å². The van der Waals surface area contributed by atoms with Gasteiger partial charge in [-0.05, 0) is 12.1 Å². The van der Waals surface area contributed by atoms with E-state index in [2.05, 4.69) is 10.2 Å². The molecular formula is C15H11N3O7S. The Morgan fingerprint density at radius 3 is 2.35 bits per heavy atom. The summed E-state index contributed by atoms with van der Waals surface area (Å²) in [6, 6.07) is 7.82. The minimum Gasteiger partial charge on any atom is -0.504 e. The molecule has 0 aliphatic carbocycles. The summed E-state index contributed by atoms with van der Waals surface area (Å²) in [5.74, 6) is -2.51. The number of aryl methyl sites for hydroxylation is 1. The molecule has 26 heavy (non-hydrogen) atoms. The van der Waals surface area contributed by atoms with Crippen LogP contribution in [0.15, 0.2) is 50.6 Å². The van der Waals surface area contributed by atoms with Crippen molar-refractivity contribution in [3.8, 4) is 23.0 Å². The van der Waals surface area contributed by atoms with Crippen molar-refractivity contribution in [3.63, 3.8) is 0 Å². The number of nitro groups is 1. The van der Waals surface area contributed by atoms with Gasteiger partial charge >= 0.3 is 5.69 Å². The number of benzene rings is 2. The first-order chi connectivity index (χ1) is 12.2. The maximum atomic E-state index is 13.0. The third kappa shape index (κ3) is 2.73. The predicted octanol–water partition coefficient (Wildman–Crippen LogP) is 2.20. The van der Waals surface area contributed by atoms with Gasteiger partial charge in [-0.1, -0.05) is 18.2 Å². The fourth-order valence-corrected chi connectivity index (χ4v) is 3.83. The molecule has 0 bridgehead atoms. The minimum atomic E-state index is -4.31. The summed E-state index contributed by atoms with van der Waals surface area (Å²) in [6.45, 7) is 1.41. The number of hydrogen-bond donors (Lipinski definition) is 2. The lowest BCUT2D eigenvalue weighted by Crippen LogP contribution is -2.06. The molecule has 134 valence electrons. The van der Waals surface area contributed by atoms with Crippen molar-refractivity contribution in [1.29, 1.82) is 0 Å². The Labute approximate surface area is 146 Å². The summed E-state index contributed by atoms with van der Waals surface area (Å²) < 4.78 is 31.1. The molecule has 0 fully saturated rings. The van der Waals surface area contributed by atoms with Gasteiger partial charge in [-0.25, -0.2) is 8.42 Å². The van der Waals surface area contributed by atoms with Crippen LogP contribution in [0.2, 0.25) is 0 Å². The monoisotopic (exact) mass is 377 g/mol. The van der Waals surface area contributed by atoms with E-state index in [9.17, 15) is 28.7 Å². The first kappa shape index (κ1) is 17.4. The second-order valence-corrected chi connectivity index (χ2v) is 7.08. The number of sulfone groups is 1. The number of aromatic hydroxyl groups is 2. The normalized spacial score (nSPS) is 11.4. The van der Waals surface area contributed by atoms with Crippen LogP contribution in [0.5, 0.6) is 11.5 Å². The minimum absolute atomic E-state index is 0.0323. The molecule has 0 amide bonds. The first-order valence-electron chi connectivity index (χ1n) is 7.07. The highest BCUT2D eigenvalue weighted by atomic mass is 32.2. The van der Waals surface area contributed by atoms with Crippen molar-refractivity contribution >= 4 is 15.5 Å². The van der Waals surface area contributed by atoms with Gasteiger partial charge in [-0.3, -0.25) is 10.1 Å². The van der Waals surface area contributed by atoms with Gasteiger partial charge in [0.05, 0.1) is 14.7 Å². The lowest BCUT2D eigenvalue weighted by atomic mass is 10.1. The molecule has 1 heterocycles. The van der Waals surface area contributed by atoms with E-state index in [0.29, 0.717) is 6.07 Å². The van der Waals surface area contributed by atoms with E-state index in [0.717, 1.165) is 0 Å². The molecule has 3 aromatic rings. The van der Waals surface area contributed by atoms with Crippen molar-refractivity contribution in [2.24, 2.45) is 0 Å². The van der Waals surface area contributed by atoms with Crippen molar-refractivity contribution < 1.29 is 28.0 Å². The second kappa shape index (κ2) is 6.11. The highest BCUT2D eigenvalue weighted by molar-refractivity contribution is 7.91. The zero-order valence-electron chi connectivity index (χ0n) is 13.1. The summed E-state index contributed by atoms with van der Waals surface area (Å²) in [6.07, 6.45) is 0. The maximum absolute atomic E-state index is 13.0. The van der Waals surface area contributed by atoms with Crippen LogP contribution in [-0.4, -0.2) is 33.8 Å². The Hall–Kier alpha value is -3.47. The zero-order valence-corrected chi connectivity index (χ0v) is 14.0. The fourth-order valence-electron chi connectivity index (χ4n) is 2.34. The molecule has 10 nitrogen and oxygen atoms in total. The largest absolute Gasteiger partial charge is 0.504 e. The van der Waals surface area contributed by atoms with Gasteiger partial charge in [0.1, 0.15) is 5.56 Å². The van der Waals surface area contributed by atoms with Gasteiger partial charge in [0.25, 0.3) is 5.89 Å². The number of hydrogen-bond acceptors (Lipinski definition) is 9. The van der Waals surface area contributed by atoms with Crippen molar-refractivity contribution in [2.45, 2.75) is 16.7 Å². The lowest BCUT2D eigenvalue weighted by molar-refractivity contribution is -0.385. The Bertz CT molecular complexity index is 1110. The third-order valence-electron chi connectivity index (χ3n) is 3.48.